The third-order valence-corrected chi connectivity index (χ3v) is 3.14. The van der Waals surface area contributed by atoms with E-state index in [9.17, 15) is 0 Å². The summed E-state index contributed by atoms with van der Waals surface area (Å²) in [5.74, 6) is 0. The minimum absolute atomic E-state index is 0. The number of rotatable bonds is 1. The Morgan fingerprint density at radius 2 is 2.13 bits per heavy atom. The van der Waals surface area contributed by atoms with Crippen LogP contribution >= 0.6 is 24.0 Å². The van der Waals surface area contributed by atoms with Crippen molar-refractivity contribution in [3.05, 3.63) is 34.3 Å². The number of piperazine rings is 1. The van der Waals surface area contributed by atoms with Gasteiger partial charge in [-0.2, -0.15) is 0 Å². The molecule has 1 saturated heterocycles. The van der Waals surface area contributed by atoms with Crippen LogP contribution in [0.25, 0.3) is 0 Å². The number of hydrogen-bond donors (Lipinski definition) is 2. The molecule has 2 rings (SSSR count). The first-order chi connectivity index (χ1) is 6.79. The van der Waals surface area contributed by atoms with Gasteiger partial charge < -0.3 is 10.6 Å². The predicted octanol–water partition coefficient (Wildman–Crippen LogP) is 2.30. The number of nitrogens with one attached hydrogen (secondary N) is 2. The van der Waals surface area contributed by atoms with E-state index in [0.717, 1.165) is 24.7 Å². The molecule has 0 radical (unpaired) electrons. The fraction of sp³-hybridized carbons (Fsp3) is 0.455. The van der Waals surface area contributed by atoms with Crippen molar-refractivity contribution >= 4 is 24.0 Å². The highest BCUT2D eigenvalue weighted by Gasteiger charge is 2.16. The van der Waals surface area contributed by atoms with E-state index in [-0.39, 0.29) is 12.4 Å². The minimum atomic E-state index is 0. The lowest BCUT2D eigenvalue weighted by Crippen LogP contribution is -2.42. The van der Waals surface area contributed by atoms with Crippen molar-refractivity contribution in [2.75, 3.05) is 19.6 Å². The number of benzene rings is 1. The molecule has 0 amide bonds. The van der Waals surface area contributed by atoms with Crippen molar-refractivity contribution in [1.82, 2.24) is 10.6 Å². The summed E-state index contributed by atoms with van der Waals surface area (Å²) in [6, 6.07) is 6.51. The molecule has 0 bridgehead atoms. The molecule has 1 fully saturated rings. The zero-order valence-corrected chi connectivity index (χ0v) is 10.3. The number of halogens is 2. The molecule has 1 aliphatic rings. The van der Waals surface area contributed by atoms with Gasteiger partial charge in [-0.05, 0) is 24.1 Å². The van der Waals surface area contributed by atoms with Crippen LogP contribution in [0.15, 0.2) is 18.2 Å². The molecule has 0 aliphatic carbocycles. The molecular weight excluding hydrogens is 231 g/mol. The van der Waals surface area contributed by atoms with Crippen LogP contribution in [0.1, 0.15) is 17.2 Å². The van der Waals surface area contributed by atoms with Crippen LogP contribution < -0.4 is 10.6 Å². The molecular formula is C11H16Cl2N2. The van der Waals surface area contributed by atoms with Gasteiger partial charge in [0.1, 0.15) is 0 Å². The fourth-order valence-corrected chi connectivity index (χ4v) is 2.06. The standard InChI is InChI=1S/C11H15ClN2.ClH/c1-8-9(3-2-4-10(8)12)11-7-13-5-6-14-11;/h2-4,11,13-14H,5-7H2,1H3;1H. The lowest BCUT2D eigenvalue weighted by molar-refractivity contribution is 0.429. The maximum absolute atomic E-state index is 6.08. The van der Waals surface area contributed by atoms with Crippen LogP contribution in [-0.2, 0) is 0 Å². The molecule has 2 nitrogen and oxygen atoms in total. The van der Waals surface area contributed by atoms with Gasteiger partial charge in [0.05, 0.1) is 0 Å². The van der Waals surface area contributed by atoms with Gasteiger partial charge in [0, 0.05) is 30.7 Å². The summed E-state index contributed by atoms with van der Waals surface area (Å²) in [6.07, 6.45) is 0. The maximum Gasteiger partial charge on any atom is 0.0450 e. The van der Waals surface area contributed by atoms with Crippen molar-refractivity contribution in [3.63, 3.8) is 0 Å². The highest BCUT2D eigenvalue weighted by atomic mass is 35.5. The van der Waals surface area contributed by atoms with E-state index in [0.29, 0.717) is 6.04 Å². The van der Waals surface area contributed by atoms with E-state index in [1.54, 1.807) is 0 Å². The normalized spacial score (nSPS) is 20.8. The fourth-order valence-electron chi connectivity index (χ4n) is 1.87. The van der Waals surface area contributed by atoms with Crippen molar-refractivity contribution in [2.24, 2.45) is 0 Å². The zero-order chi connectivity index (χ0) is 9.97. The summed E-state index contributed by atoms with van der Waals surface area (Å²) >= 11 is 6.08. The second-order valence-corrected chi connectivity index (χ2v) is 4.07. The molecule has 1 aliphatic heterocycles. The molecule has 2 N–H and O–H groups in total. The third kappa shape index (κ3) is 2.85. The lowest BCUT2D eigenvalue weighted by Gasteiger charge is -2.26. The maximum atomic E-state index is 6.08. The molecule has 15 heavy (non-hydrogen) atoms. The van der Waals surface area contributed by atoms with Crippen molar-refractivity contribution in [2.45, 2.75) is 13.0 Å². The lowest BCUT2D eigenvalue weighted by atomic mass is 10.0. The first-order valence-electron chi connectivity index (χ1n) is 4.98. The summed E-state index contributed by atoms with van der Waals surface area (Å²) in [5, 5.41) is 7.71. The zero-order valence-electron chi connectivity index (χ0n) is 8.72. The monoisotopic (exact) mass is 246 g/mol. The van der Waals surface area contributed by atoms with Crippen LogP contribution in [0.3, 0.4) is 0 Å². The van der Waals surface area contributed by atoms with E-state index >= 15 is 0 Å². The van der Waals surface area contributed by atoms with Gasteiger partial charge in [0.25, 0.3) is 0 Å². The van der Waals surface area contributed by atoms with E-state index < -0.39 is 0 Å². The third-order valence-electron chi connectivity index (χ3n) is 2.73. The second-order valence-electron chi connectivity index (χ2n) is 3.66. The molecule has 1 atom stereocenters. The second kappa shape index (κ2) is 5.71. The van der Waals surface area contributed by atoms with Gasteiger partial charge in [-0.25, -0.2) is 0 Å². The molecule has 0 saturated carbocycles. The smallest absolute Gasteiger partial charge is 0.0450 e. The largest absolute Gasteiger partial charge is 0.314 e. The molecule has 84 valence electrons. The summed E-state index contributed by atoms with van der Waals surface area (Å²) < 4.78 is 0. The quantitative estimate of drug-likeness (QED) is 0.795. The van der Waals surface area contributed by atoms with Gasteiger partial charge in [-0.15, -0.1) is 12.4 Å². The van der Waals surface area contributed by atoms with E-state index in [1.165, 1.54) is 11.1 Å². The Morgan fingerprint density at radius 1 is 1.33 bits per heavy atom. The molecule has 4 heteroatoms. The topological polar surface area (TPSA) is 24.1 Å². The van der Waals surface area contributed by atoms with Crippen LogP contribution in [0, 0.1) is 6.92 Å². The van der Waals surface area contributed by atoms with Gasteiger partial charge in [-0.3, -0.25) is 0 Å². The van der Waals surface area contributed by atoms with Crippen molar-refractivity contribution in [1.29, 1.82) is 0 Å². The van der Waals surface area contributed by atoms with Gasteiger partial charge in [0.2, 0.25) is 0 Å². The van der Waals surface area contributed by atoms with Crippen LogP contribution in [0.4, 0.5) is 0 Å². The Labute approximate surface area is 102 Å². The first-order valence-corrected chi connectivity index (χ1v) is 5.36. The van der Waals surface area contributed by atoms with E-state index in [2.05, 4.69) is 23.6 Å². The molecule has 1 aromatic rings. The van der Waals surface area contributed by atoms with Gasteiger partial charge in [0.15, 0.2) is 0 Å². The summed E-state index contributed by atoms with van der Waals surface area (Å²) in [6.45, 7) is 5.14. The molecule has 1 aromatic carbocycles. The summed E-state index contributed by atoms with van der Waals surface area (Å²) in [7, 11) is 0. The Hall–Kier alpha value is -0.280. The Kier molecular flexibility index (Phi) is 4.87. The predicted molar refractivity (Wildman–Crippen MR) is 67.1 cm³/mol. The average Bonchev–Trinajstić information content (AvgIpc) is 2.23. The average molecular weight is 247 g/mol. The van der Waals surface area contributed by atoms with Gasteiger partial charge >= 0.3 is 0 Å². The Bertz CT molecular complexity index is 322. The van der Waals surface area contributed by atoms with Gasteiger partial charge in [-0.1, -0.05) is 23.7 Å². The summed E-state index contributed by atoms with van der Waals surface area (Å²) in [4.78, 5) is 0. The minimum Gasteiger partial charge on any atom is -0.314 e. The van der Waals surface area contributed by atoms with E-state index in [1.807, 2.05) is 12.1 Å². The van der Waals surface area contributed by atoms with Crippen LogP contribution in [0.5, 0.6) is 0 Å². The van der Waals surface area contributed by atoms with Crippen molar-refractivity contribution in [3.8, 4) is 0 Å². The first kappa shape index (κ1) is 12.8. The SMILES string of the molecule is Cc1c(Cl)cccc1C1CNCCN1.Cl. The van der Waals surface area contributed by atoms with Crippen molar-refractivity contribution < 1.29 is 0 Å². The molecule has 0 spiro atoms. The highest BCUT2D eigenvalue weighted by Crippen LogP contribution is 2.24. The van der Waals surface area contributed by atoms with Crippen LogP contribution in [-0.4, -0.2) is 19.6 Å². The van der Waals surface area contributed by atoms with Crippen LogP contribution in [0.2, 0.25) is 5.02 Å². The highest BCUT2D eigenvalue weighted by molar-refractivity contribution is 6.31. The van der Waals surface area contributed by atoms with E-state index in [4.69, 9.17) is 11.6 Å². The summed E-state index contributed by atoms with van der Waals surface area (Å²) in [5.41, 5.74) is 2.50. The molecule has 1 heterocycles. The Balaban J connectivity index is 0.00000112. The molecule has 0 aromatic heterocycles. The Morgan fingerprint density at radius 3 is 2.80 bits per heavy atom. The number of hydrogen-bond acceptors (Lipinski definition) is 2. The molecule has 1 unspecified atom stereocenters.